The van der Waals surface area contributed by atoms with E-state index in [9.17, 15) is 14.0 Å². The Bertz CT molecular complexity index is 732. The molecule has 0 spiro atoms. The van der Waals surface area contributed by atoms with Crippen LogP contribution in [0.4, 0.5) is 4.39 Å². The summed E-state index contributed by atoms with van der Waals surface area (Å²) in [6, 6.07) is 12.4. The summed E-state index contributed by atoms with van der Waals surface area (Å²) in [6.07, 6.45) is 0. The monoisotopic (exact) mass is 331 g/mol. The highest BCUT2D eigenvalue weighted by atomic mass is 19.1. The van der Waals surface area contributed by atoms with E-state index in [0.717, 1.165) is 11.6 Å². The van der Waals surface area contributed by atoms with E-state index in [4.69, 9.17) is 9.47 Å². The van der Waals surface area contributed by atoms with Gasteiger partial charge < -0.3 is 14.8 Å². The van der Waals surface area contributed by atoms with Crippen LogP contribution in [0.5, 0.6) is 5.75 Å². The van der Waals surface area contributed by atoms with Gasteiger partial charge in [0.05, 0.1) is 18.7 Å². The topological polar surface area (TPSA) is 64.6 Å². The Morgan fingerprint density at radius 3 is 2.62 bits per heavy atom. The van der Waals surface area contributed by atoms with E-state index in [2.05, 4.69) is 5.32 Å². The maximum Gasteiger partial charge on any atom is 0.341 e. The van der Waals surface area contributed by atoms with Crippen LogP contribution < -0.4 is 10.1 Å². The summed E-state index contributed by atoms with van der Waals surface area (Å²) in [5, 5.41) is 2.70. The number of nitrogens with one attached hydrogen (secondary N) is 1. The van der Waals surface area contributed by atoms with Crippen molar-refractivity contribution in [1.29, 1.82) is 0 Å². The molecule has 6 heteroatoms. The Morgan fingerprint density at radius 2 is 1.92 bits per heavy atom. The van der Waals surface area contributed by atoms with Crippen molar-refractivity contribution in [3.63, 3.8) is 0 Å². The minimum atomic E-state index is -0.878. The molecule has 0 aromatic heterocycles. The largest absolute Gasteiger partial charge is 0.497 e. The molecule has 24 heavy (non-hydrogen) atoms. The van der Waals surface area contributed by atoms with Gasteiger partial charge in [-0.3, -0.25) is 4.79 Å². The molecule has 2 rings (SSSR count). The Balaban J connectivity index is 1.89. The maximum atomic E-state index is 13.5. The summed E-state index contributed by atoms with van der Waals surface area (Å²) in [6.45, 7) is 1.31. The van der Waals surface area contributed by atoms with Gasteiger partial charge in [-0.2, -0.15) is 0 Å². The van der Waals surface area contributed by atoms with Crippen LogP contribution in [-0.4, -0.2) is 25.6 Å². The summed E-state index contributed by atoms with van der Waals surface area (Å²) >= 11 is 0. The van der Waals surface area contributed by atoms with E-state index < -0.39 is 24.3 Å². The molecule has 0 bridgehead atoms. The molecule has 126 valence electrons. The lowest BCUT2D eigenvalue weighted by atomic mass is 10.1. The number of benzene rings is 2. The fourth-order valence-corrected chi connectivity index (χ4v) is 2.11. The lowest BCUT2D eigenvalue weighted by Gasteiger charge is -2.15. The normalized spacial score (nSPS) is 11.5. The van der Waals surface area contributed by atoms with Crippen LogP contribution in [-0.2, 0) is 9.53 Å². The first-order valence-electron chi connectivity index (χ1n) is 7.36. The van der Waals surface area contributed by atoms with Crippen LogP contribution in [0.3, 0.4) is 0 Å². The molecule has 0 fully saturated rings. The smallest absolute Gasteiger partial charge is 0.341 e. The average molecular weight is 331 g/mol. The second-order valence-electron chi connectivity index (χ2n) is 5.12. The van der Waals surface area contributed by atoms with E-state index in [1.54, 1.807) is 26.2 Å². The molecule has 2 aromatic carbocycles. The fourth-order valence-electron chi connectivity index (χ4n) is 2.11. The molecule has 0 radical (unpaired) electrons. The van der Waals surface area contributed by atoms with Gasteiger partial charge >= 0.3 is 5.97 Å². The fraction of sp³-hybridized carbons (Fsp3) is 0.222. The average Bonchev–Trinajstić information content (AvgIpc) is 2.60. The van der Waals surface area contributed by atoms with E-state index in [1.165, 1.54) is 18.2 Å². The van der Waals surface area contributed by atoms with Crippen LogP contribution in [0.1, 0.15) is 28.9 Å². The van der Waals surface area contributed by atoms with Gasteiger partial charge in [-0.05, 0) is 36.8 Å². The maximum absolute atomic E-state index is 13.5. The van der Waals surface area contributed by atoms with Crippen molar-refractivity contribution in [3.05, 3.63) is 65.5 Å². The summed E-state index contributed by atoms with van der Waals surface area (Å²) in [5.74, 6) is -1.36. The second-order valence-corrected chi connectivity index (χ2v) is 5.12. The zero-order valence-corrected chi connectivity index (χ0v) is 13.4. The molecule has 0 heterocycles. The van der Waals surface area contributed by atoms with Crippen LogP contribution in [0.2, 0.25) is 0 Å². The summed E-state index contributed by atoms with van der Waals surface area (Å²) in [5.41, 5.74) is 0.647. The predicted molar refractivity (Wildman–Crippen MR) is 86.2 cm³/mol. The van der Waals surface area contributed by atoms with Gasteiger partial charge in [0, 0.05) is 0 Å². The molecule has 0 aliphatic heterocycles. The Morgan fingerprint density at radius 1 is 1.17 bits per heavy atom. The molecule has 0 aliphatic carbocycles. The number of esters is 1. The number of rotatable bonds is 6. The molecular weight excluding hydrogens is 313 g/mol. The standard InChI is InChI=1S/C18H18FNO4/c1-12(13-6-5-7-14(10-13)23-2)20-17(21)11-24-18(22)15-8-3-4-9-16(15)19/h3-10,12H,11H2,1-2H3,(H,20,21)/t12-/m1/s1. The van der Waals surface area contributed by atoms with E-state index in [0.29, 0.717) is 5.75 Å². The summed E-state index contributed by atoms with van der Waals surface area (Å²) < 4.78 is 23.4. The van der Waals surface area contributed by atoms with Gasteiger partial charge in [-0.25, -0.2) is 9.18 Å². The Hall–Kier alpha value is -2.89. The van der Waals surface area contributed by atoms with Gasteiger partial charge in [0.15, 0.2) is 6.61 Å². The minimum absolute atomic E-state index is 0.203. The Kier molecular flexibility index (Phi) is 5.89. The SMILES string of the molecule is COc1cccc([C@@H](C)NC(=O)COC(=O)c2ccccc2F)c1. The molecule has 0 saturated carbocycles. The zero-order chi connectivity index (χ0) is 17.5. The highest BCUT2D eigenvalue weighted by Gasteiger charge is 2.15. The Labute approximate surface area is 139 Å². The van der Waals surface area contributed by atoms with E-state index in [-0.39, 0.29) is 11.6 Å². The van der Waals surface area contributed by atoms with Crippen LogP contribution >= 0.6 is 0 Å². The molecule has 2 aromatic rings. The van der Waals surface area contributed by atoms with Crippen LogP contribution in [0.15, 0.2) is 48.5 Å². The molecule has 0 aliphatic rings. The van der Waals surface area contributed by atoms with Gasteiger partial charge in [-0.15, -0.1) is 0 Å². The number of hydrogen-bond donors (Lipinski definition) is 1. The lowest BCUT2D eigenvalue weighted by molar-refractivity contribution is -0.124. The number of amides is 1. The van der Waals surface area contributed by atoms with Crippen molar-refractivity contribution in [2.75, 3.05) is 13.7 Å². The zero-order valence-electron chi connectivity index (χ0n) is 13.4. The van der Waals surface area contributed by atoms with Gasteiger partial charge in [0.1, 0.15) is 11.6 Å². The highest BCUT2D eigenvalue weighted by Crippen LogP contribution is 2.18. The van der Waals surface area contributed by atoms with Gasteiger partial charge in [0.2, 0.25) is 0 Å². The number of ether oxygens (including phenoxy) is 2. The first-order valence-corrected chi connectivity index (χ1v) is 7.36. The third-order valence-electron chi connectivity index (χ3n) is 3.40. The number of methoxy groups -OCH3 is 1. The number of halogens is 1. The molecule has 1 N–H and O–H groups in total. The number of carbonyl (C=O) groups excluding carboxylic acids is 2. The van der Waals surface area contributed by atoms with E-state index in [1.807, 2.05) is 12.1 Å². The quantitative estimate of drug-likeness (QED) is 0.827. The predicted octanol–water partition coefficient (Wildman–Crippen LogP) is 2.87. The first kappa shape index (κ1) is 17.5. The first-order chi connectivity index (χ1) is 11.5. The molecular formula is C18H18FNO4. The number of carbonyl (C=O) groups is 2. The highest BCUT2D eigenvalue weighted by molar-refractivity contribution is 5.91. The molecule has 1 atom stereocenters. The molecule has 5 nitrogen and oxygen atoms in total. The van der Waals surface area contributed by atoms with Gasteiger partial charge in [-0.1, -0.05) is 24.3 Å². The summed E-state index contributed by atoms with van der Waals surface area (Å²) in [7, 11) is 1.56. The summed E-state index contributed by atoms with van der Waals surface area (Å²) in [4.78, 5) is 23.6. The van der Waals surface area contributed by atoms with Crippen LogP contribution in [0, 0.1) is 5.82 Å². The lowest BCUT2D eigenvalue weighted by Crippen LogP contribution is -2.31. The van der Waals surface area contributed by atoms with Crippen molar-refractivity contribution >= 4 is 11.9 Å². The van der Waals surface area contributed by atoms with Crippen molar-refractivity contribution < 1.29 is 23.5 Å². The van der Waals surface area contributed by atoms with Crippen LogP contribution in [0.25, 0.3) is 0 Å². The molecule has 0 saturated heterocycles. The van der Waals surface area contributed by atoms with Crippen molar-refractivity contribution in [3.8, 4) is 5.75 Å². The van der Waals surface area contributed by atoms with Gasteiger partial charge in [0.25, 0.3) is 5.91 Å². The van der Waals surface area contributed by atoms with Crippen molar-refractivity contribution in [2.45, 2.75) is 13.0 Å². The molecule has 1 amide bonds. The minimum Gasteiger partial charge on any atom is -0.497 e. The third-order valence-corrected chi connectivity index (χ3v) is 3.40. The third kappa shape index (κ3) is 4.55. The molecule has 0 unspecified atom stereocenters. The second kappa shape index (κ2) is 8.10. The van der Waals surface area contributed by atoms with Crippen molar-refractivity contribution in [2.24, 2.45) is 0 Å². The number of hydrogen-bond acceptors (Lipinski definition) is 4. The van der Waals surface area contributed by atoms with Crippen molar-refractivity contribution in [1.82, 2.24) is 5.32 Å². The van der Waals surface area contributed by atoms with E-state index >= 15 is 0 Å².